The molecule has 1 aliphatic heterocycles. The maximum absolute atomic E-state index is 14.5. The minimum atomic E-state index is -0.251. The van der Waals surface area contributed by atoms with Crippen molar-refractivity contribution in [1.29, 1.82) is 0 Å². The van der Waals surface area contributed by atoms with Gasteiger partial charge >= 0.3 is 0 Å². The average Bonchev–Trinajstić information content (AvgIpc) is 3.60. The Morgan fingerprint density at radius 1 is 0.886 bits per heavy atom. The smallest absolute Gasteiger partial charge is 0.271 e. The number of allylic oxidation sites excluding steroid dienone is 1. The van der Waals surface area contributed by atoms with Gasteiger partial charge in [0.2, 0.25) is 0 Å². The zero-order chi connectivity index (χ0) is 29.8. The molecular weight excluding hydrogens is 566 g/mol. The monoisotopic (exact) mass is 595 g/mol. The Kier molecular flexibility index (Phi) is 6.34. The van der Waals surface area contributed by atoms with E-state index in [1.54, 1.807) is 14.2 Å². The maximum atomic E-state index is 14.5. The molecule has 2 aromatic heterocycles. The Bertz CT molecular complexity index is 2280. The Morgan fingerprint density at radius 3 is 2.43 bits per heavy atom. The van der Waals surface area contributed by atoms with Gasteiger partial charge in [-0.05, 0) is 71.5 Å². The Balaban J connectivity index is 1.39. The summed E-state index contributed by atoms with van der Waals surface area (Å²) in [6.07, 6.45) is 3.78. The molecule has 7 heteroatoms. The van der Waals surface area contributed by atoms with Crippen LogP contribution < -0.4 is 24.4 Å². The van der Waals surface area contributed by atoms with Gasteiger partial charge in [-0.1, -0.05) is 78.1 Å². The summed E-state index contributed by atoms with van der Waals surface area (Å²) in [7, 11) is 3.34. The van der Waals surface area contributed by atoms with Crippen molar-refractivity contribution in [1.82, 2.24) is 9.55 Å². The van der Waals surface area contributed by atoms with Crippen LogP contribution in [0.4, 0.5) is 0 Å². The summed E-state index contributed by atoms with van der Waals surface area (Å²) >= 11 is 1.44. The first-order valence-corrected chi connectivity index (χ1v) is 15.5. The first-order chi connectivity index (χ1) is 21.6. The van der Waals surface area contributed by atoms with E-state index in [0.717, 1.165) is 68.9 Å². The van der Waals surface area contributed by atoms with Crippen molar-refractivity contribution in [3.63, 3.8) is 0 Å². The molecule has 2 aliphatic rings. The molecule has 0 bridgehead atoms. The van der Waals surface area contributed by atoms with Gasteiger partial charge in [0.1, 0.15) is 11.5 Å². The number of aromatic amines is 1. The number of ether oxygens (including phenoxy) is 2. The number of fused-ring (bicyclic) bond motifs is 4. The van der Waals surface area contributed by atoms with Crippen LogP contribution in [0.3, 0.4) is 0 Å². The van der Waals surface area contributed by atoms with Crippen LogP contribution in [0.15, 0.2) is 112 Å². The lowest BCUT2D eigenvalue weighted by Gasteiger charge is -2.30. The lowest BCUT2D eigenvalue weighted by molar-refractivity contribution is 0.414. The van der Waals surface area contributed by atoms with Crippen molar-refractivity contribution < 1.29 is 9.47 Å². The number of hydrogen-bond donors (Lipinski definition) is 1. The highest BCUT2D eigenvalue weighted by Gasteiger charge is 2.32. The largest absolute Gasteiger partial charge is 0.497 e. The Labute approximate surface area is 257 Å². The molecule has 3 heterocycles. The normalized spacial score (nSPS) is 15.9. The average molecular weight is 596 g/mol. The topological polar surface area (TPSA) is 68.6 Å². The zero-order valence-corrected chi connectivity index (χ0v) is 25.2. The third-order valence-corrected chi connectivity index (χ3v) is 9.67. The highest BCUT2D eigenvalue weighted by atomic mass is 32.1. The van der Waals surface area contributed by atoms with Gasteiger partial charge in [0.05, 0.1) is 36.2 Å². The van der Waals surface area contributed by atoms with E-state index < -0.39 is 0 Å². The summed E-state index contributed by atoms with van der Waals surface area (Å²) in [6.45, 7) is 0. The van der Waals surface area contributed by atoms with Gasteiger partial charge in [0.25, 0.3) is 5.56 Å². The second kappa shape index (κ2) is 10.5. The van der Waals surface area contributed by atoms with Crippen LogP contribution in [0.2, 0.25) is 0 Å². The van der Waals surface area contributed by atoms with Crippen LogP contribution in [0.1, 0.15) is 34.7 Å². The van der Waals surface area contributed by atoms with Gasteiger partial charge in [0, 0.05) is 22.0 Å². The van der Waals surface area contributed by atoms with Crippen molar-refractivity contribution in [3.8, 4) is 22.8 Å². The molecule has 1 aliphatic carbocycles. The van der Waals surface area contributed by atoms with Crippen molar-refractivity contribution in [3.05, 3.63) is 145 Å². The van der Waals surface area contributed by atoms with Gasteiger partial charge in [-0.25, -0.2) is 4.99 Å². The summed E-state index contributed by atoms with van der Waals surface area (Å²) in [5, 5.41) is 0.994. The molecule has 0 amide bonds. The van der Waals surface area contributed by atoms with E-state index in [1.165, 1.54) is 22.5 Å². The standard InChI is InChI=1S/C37H29N3O3S/c1-42-25-15-12-24(13-16-25)35-28-18-14-22-8-6-7-11-27(22)34(28)39-37-40(35)36(41)32(44-37)21-30-29-20-26(43-2)17-19-31(29)38-33(30)23-9-4-3-5-10-23/h3-13,15-17,19-21,35,38H,14,18H2,1-2H3/b32-21+/t35-/m0/s1. The van der Waals surface area contributed by atoms with Crippen molar-refractivity contribution in [2.24, 2.45) is 4.99 Å². The predicted molar refractivity (Wildman–Crippen MR) is 176 cm³/mol. The third kappa shape index (κ3) is 4.23. The van der Waals surface area contributed by atoms with E-state index in [0.29, 0.717) is 9.33 Å². The maximum Gasteiger partial charge on any atom is 0.271 e. The first-order valence-electron chi connectivity index (χ1n) is 14.6. The van der Waals surface area contributed by atoms with E-state index in [9.17, 15) is 4.79 Å². The molecule has 0 saturated carbocycles. The van der Waals surface area contributed by atoms with Crippen LogP contribution >= 0.6 is 11.3 Å². The number of aryl methyl sites for hydroxylation is 1. The number of H-pyrrole nitrogens is 1. The number of thiazole rings is 1. The van der Waals surface area contributed by atoms with Crippen molar-refractivity contribution >= 4 is 34.0 Å². The Hall–Kier alpha value is -5.14. The summed E-state index contributed by atoms with van der Waals surface area (Å²) in [5.74, 6) is 1.55. The molecule has 6 aromatic rings. The minimum Gasteiger partial charge on any atom is -0.497 e. The van der Waals surface area contributed by atoms with Crippen LogP contribution in [-0.4, -0.2) is 23.8 Å². The highest BCUT2D eigenvalue weighted by molar-refractivity contribution is 7.07. The van der Waals surface area contributed by atoms with Crippen LogP contribution in [0, 0.1) is 0 Å². The van der Waals surface area contributed by atoms with Crippen molar-refractivity contribution in [2.75, 3.05) is 14.2 Å². The van der Waals surface area contributed by atoms with E-state index >= 15 is 0 Å². The fourth-order valence-corrected chi connectivity index (χ4v) is 7.52. The number of benzene rings is 4. The summed E-state index contributed by atoms with van der Waals surface area (Å²) in [6, 6.07) is 32.5. The molecule has 1 atom stereocenters. The summed E-state index contributed by atoms with van der Waals surface area (Å²) < 4.78 is 13.6. The molecule has 6 nitrogen and oxygen atoms in total. The Morgan fingerprint density at radius 2 is 1.64 bits per heavy atom. The molecule has 1 N–H and O–H groups in total. The molecule has 0 unspecified atom stereocenters. The van der Waals surface area contributed by atoms with Crippen molar-refractivity contribution in [2.45, 2.75) is 18.9 Å². The quantitative estimate of drug-likeness (QED) is 0.248. The SMILES string of the molecule is COc1ccc([C@H]2C3=C(N=c4s/c(=C/c5c(-c6ccccc6)[nH]c6ccc(OC)cc56)c(=O)n42)c2ccccc2CC3)cc1. The fraction of sp³-hybridized carbons (Fsp3) is 0.135. The highest BCUT2D eigenvalue weighted by Crippen LogP contribution is 2.41. The molecule has 0 fully saturated rings. The number of nitrogens with zero attached hydrogens (tertiary/aromatic N) is 2. The van der Waals surface area contributed by atoms with Gasteiger partial charge in [0.15, 0.2) is 4.80 Å². The fourth-order valence-electron chi connectivity index (χ4n) is 6.54. The number of hydrogen-bond acceptors (Lipinski definition) is 5. The van der Waals surface area contributed by atoms with E-state index in [2.05, 4.69) is 53.5 Å². The molecule has 4 aromatic carbocycles. The van der Waals surface area contributed by atoms with Gasteiger partial charge < -0.3 is 14.5 Å². The van der Waals surface area contributed by atoms with E-state index in [1.807, 2.05) is 59.2 Å². The predicted octanol–water partition coefficient (Wildman–Crippen LogP) is 6.48. The summed E-state index contributed by atoms with van der Waals surface area (Å²) in [5.41, 5.74) is 9.54. The van der Waals surface area contributed by atoms with Crippen LogP contribution in [-0.2, 0) is 6.42 Å². The van der Waals surface area contributed by atoms with E-state index in [-0.39, 0.29) is 11.6 Å². The van der Waals surface area contributed by atoms with Crippen LogP contribution in [0.25, 0.3) is 33.9 Å². The molecule has 0 spiro atoms. The minimum absolute atomic E-state index is 0.0452. The van der Waals surface area contributed by atoms with Gasteiger partial charge in [-0.3, -0.25) is 9.36 Å². The first kappa shape index (κ1) is 26.5. The molecular formula is C37H29N3O3S. The van der Waals surface area contributed by atoms with Gasteiger partial charge in [-0.15, -0.1) is 0 Å². The number of aromatic nitrogens is 2. The molecule has 8 rings (SSSR count). The number of rotatable bonds is 5. The summed E-state index contributed by atoms with van der Waals surface area (Å²) in [4.78, 5) is 24.0. The van der Waals surface area contributed by atoms with Crippen LogP contribution in [0.5, 0.6) is 11.5 Å². The molecule has 44 heavy (non-hydrogen) atoms. The number of nitrogens with one attached hydrogen (secondary N) is 1. The lowest BCUT2D eigenvalue weighted by atomic mass is 9.83. The van der Waals surface area contributed by atoms with Gasteiger partial charge in [-0.2, -0.15) is 0 Å². The zero-order valence-electron chi connectivity index (χ0n) is 24.3. The third-order valence-electron chi connectivity index (χ3n) is 8.69. The molecule has 0 radical (unpaired) electrons. The molecule has 216 valence electrons. The second-order valence-electron chi connectivity index (χ2n) is 11.1. The van der Waals surface area contributed by atoms with E-state index in [4.69, 9.17) is 14.5 Å². The molecule has 0 saturated heterocycles. The lowest BCUT2D eigenvalue weighted by Crippen LogP contribution is -2.38. The second-order valence-corrected chi connectivity index (χ2v) is 12.1. The number of methoxy groups -OCH3 is 2.